The van der Waals surface area contributed by atoms with Gasteiger partial charge in [0.25, 0.3) is 0 Å². The Hall–Kier alpha value is -2.00. The van der Waals surface area contributed by atoms with Crippen molar-refractivity contribution in [3.05, 3.63) is 70.8 Å². The van der Waals surface area contributed by atoms with Crippen LogP contribution < -0.4 is 0 Å². The van der Waals surface area contributed by atoms with Gasteiger partial charge in [0.15, 0.2) is 0 Å². The highest BCUT2D eigenvalue weighted by Crippen LogP contribution is 2.22. The van der Waals surface area contributed by atoms with E-state index in [1.165, 1.54) is 5.56 Å². The molecule has 1 aromatic carbocycles. The molecule has 18 heavy (non-hydrogen) atoms. The first-order valence-electron chi connectivity index (χ1n) is 5.81. The Kier molecular flexibility index (Phi) is 3.15. The van der Waals surface area contributed by atoms with Crippen molar-refractivity contribution in [2.24, 2.45) is 0 Å². The Labute approximate surface area is 110 Å². The van der Waals surface area contributed by atoms with E-state index >= 15 is 0 Å². The molecular formula is C15H12N2S. The van der Waals surface area contributed by atoms with E-state index in [-0.39, 0.29) is 0 Å². The van der Waals surface area contributed by atoms with Crippen LogP contribution in [0.4, 0.5) is 0 Å². The molecular weight excluding hydrogens is 240 g/mol. The molecule has 0 aliphatic rings. The highest BCUT2D eigenvalue weighted by Gasteiger charge is 2.05. The molecule has 3 aromatic rings. The average Bonchev–Trinajstić information content (AvgIpc) is 2.89. The van der Waals surface area contributed by atoms with Crippen molar-refractivity contribution in [1.82, 2.24) is 9.97 Å². The van der Waals surface area contributed by atoms with Gasteiger partial charge in [0.2, 0.25) is 0 Å². The Morgan fingerprint density at radius 3 is 2.56 bits per heavy atom. The molecule has 2 nitrogen and oxygen atoms in total. The quantitative estimate of drug-likeness (QED) is 0.708. The summed E-state index contributed by atoms with van der Waals surface area (Å²) in [5.41, 5.74) is 3.28. The summed E-state index contributed by atoms with van der Waals surface area (Å²) in [6, 6.07) is 16.2. The SMILES string of the molecule is c1ccc(-c2csc(Cc3ccccn3)n2)cc1. The topological polar surface area (TPSA) is 25.8 Å². The highest BCUT2D eigenvalue weighted by atomic mass is 32.1. The molecule has 0 saturated heterocycles. The summed E-state index contributed by atoms with van der Waals surface area (Å²) in [5.74, 6) is 0. The van der Waals surface area contributed by atoms with Gasteiger partial charge in [-0.3, -0.25) is 4.98 Å². The minimum atomic E-state index is 0.804. The average molecular weight is 252 g/mol. The first kappa shape index (κ1) is 11.1. The molecule has 2 aromatic heterocycles. The molecule has 0 aliphatic carbocycles. The number of aromatic nitrogens is 2. The smallest absolute Gasteiger partial charge is 0.0992 e. The number of benzene rings is 1. The largest absolute Gasteiger partial charge is 0.261 e. The maximum Gasteiger partial charge on any atom is 0.0992 e. The van der Waals surface area contributed by atoms with E-state index < -0.39 is 0 Å². The van der Waals surface area contributed by atoms with Gasteiger partial charge in [-0.25, -0.2) is 4.98 Å². The number of thiazole rings is 1. The molecule has 0 amide bonds. The summed E-state index contributed by atoms with van der Waals surface area (Å²) >= 11 is 1.69. The monoisotopic (exact) mass is 252 g/mol. The lowest BCUT2D eigenvalue weighted by molar-refractivity contribution is 1.05. The van der Waals surface area contributed by atoms with Crippen LogP contribution in [-0.2, 0) is 6.42 Å². The zero-order valence-corrected chi connectivity index (χ0v) is 10.6. The Morgan fingerprint density at radius 2 is 1.78 bits per heavy atom. The normalized spacial score (nSPS) is 10.4. The minimum absolute atomic E-state index is 0.804. The third-order valence-corrected chi connectivity index (χ3v) is 3.53. The molecule has 0 fully saturated rings. The van der Waals surface area contributed by atoms with Crippen molar-refractivity contribution < 1.29 is 0 Å². The van der Waals surface area contributed by atoms with Crippen molar-refractivity contribution in [3.63, 3.8) is 0 Å². The molecule has 3 heteroatoms. The van der Waals surface area contributed by atoms with Gasteiger partial charge >= 0.3 is 0 Å². The number of hydrogen-bond acceptors (Lipinski definition) is 3. The summed E-state index contributed by atoms with van der Waals surface area (Å²) in [6.45, 7) is 0. The first-order valence-corrected chi connectivity index (χ1v) is 6.69. The van der Waals surface area contributed by atoms with Crippen molar-refractivity contribution >= 4 is 11.3 Å². The fourth-order valence-corrected chi connectivity index (χ4v) is 2.61. The second-order valence-electron chi connectivity index (χ2n) is 3.99. The second-order valence-corrected chi connectivity index (χ2v) is 4.93. The summed E-state index contributed by atoms with van der Waals surface area (Å²) in [5, 5.41) is 3.21. The maximum atomic E-state index is 4.65. The van der Waals surface area contributed by atoms with Crippen LogP contribution in [0, 0.1) is 0 Å². The van der Waals surface area contributed by atoms with Crippen LogP contribution in [0.2, 0.25) is 0 Å². The maximum absolute atomic E-state index is 4.65. The molecule has 0 aliphatic heterocycles. The number of nitrogens with zero attached hydrogens (tertiary/aromatic N) is 2. The van der Waals surface area contributed by atoms with E-state index in [0.717, 1.165) is 22.8 Å². The van der Waals surface area contributed by atoms with Crippen LogP contribution in [0.3, 0.4) is 0 Å². The van der Waals surface area contributed by atoms with Gasteiger partial charge in [0.1, 0.15) is 0 Å². The minimum Gasteiger partial charge on any atom is -0.261 e. The summed E-state index contributed by atoms with van der Waals surface area (Å²) in [4.78, 5) is 8.98. The van der Waals surface area contributed by atoms with Crippen LogP contribution in [0.5, 0.6) is 0 Å². The lowest BCUT2D eigenvalue weighted by Crippen LogP contribution is -1.90. The van der Waals surface area contributed by atoms with Gasteiger partial charge in [0.05, 0.1) is 10.7 Å². The summed E-state index contributed by atoms with van der Waals surface area (Å²) < 4.78 is 0. The third kappa shape index (κ3) is 2.46. The van der Waals surface area contributed by atoms with E-state index in [9.17, 15) is 0 Å². The van der Waals surface area contributed by atoms with Crippen LogP contribution >= 0.6 is 11.3 Å². The second kappa shape index (κ2) is 5.10. The van der Waals surface area contributed by atoms with Gasteiger partial charge in [-0.2, -0.15) is 0 Å². The standard InChI is InChI=1S/C15H12N2S/c1-2-6-12(7-3-1)14-11-18-15(17-14)10-13-8-4-5-9-16-13/h1-9,11H,10H2. The molecule has 0 N–H and O–H groups in total. The molecule has 0 spiro atoms. The predicted molar refractivity (Wildman–Crippen MR) is 74.6 cm³/mol. The predicted octanol–water partition coefficient (Wildman–Crippen LogP) is 3.80. The van der Waals surface area contributed by atoms with Crippen LogP contribution in [-0.4, -0.2) is 9.97 Å². The van der Waals surface area contributed by atoms with Crippen molar-refractivity contribution in [1.29, 1.82) is 0 Å². The molecule has 0 unspecified atom stereocenters. The van der Waals surface area contributed by atoms with Crippen LogP contribution in [0.15, 0.2) is 60.1 Å². The molecule has 3 rings (SSSR count). The Morgan fingerprint density at radius 1 is 0.944 bits per heavy atom. The molecule has 0 radical (unpaired) electrons. The van der Waals surface area contributed by atoms with E-state index in [4.69, 9.17) is 0 Å². The lowest BCUT2D eigenvalue weighted by atomic mass is 10.2. The highest BCUT2D eigenvalue weighted by molar-refractivity contribution is 7.10. The number of hydrogen-bond donors (Lipinski definition) is 0. The van der Waals surface area contributed by atoms with E-state index in [1.54, 1.807) is 11.3 Å². The Balaban J connectivity index is 1.82. The van der Waals surface area contributed by atoms with E-state index in [1.807, 2.05) is 42.6 Å². The van der Waals surface area contributed by atoms with Gasteiger partial charge in [-0.15, -0.1) is 11.3 Å². The van der Waals surface area contributed by atoms with Gasteiger partial charge < -0.3 is 0 Å². The molecule has 0 atom stereocenters. The van der Waals surface area contributed by atoms with Crippen LogP contribution in [0.1, 0.15) is 10.7 Å². The molecule has 0 bridgehead atoms. The van der Waals surface area contributed by atoms with Crippen molar-refractivity contribution in [3.8, 4) is 11.3 Å². The fraction of sp³-hybridized carbons (Fsp3) is 0.0667. The summed E-state index contributed by atoms with van der Waals surface area (Å²) in [6.07, 6.45) is 2.62. The van der Waals surface area contributed by atoms with Crippen molar-refractivity contribution in [2.45, 2.75) is 6.42 Å². The van der Waals surface area contributed by atoms with E-state index in [0.29, 0.717) is 0 Å². The fourth-order valence-electron chi connectivity index (χ4n) is 1.79. The number of rotatable bonds is 3. The first-order chi connectivity index (χ1) is 8.92. The van der Waals surface area contributed by atoms with Gasteiger partial charge in [-0.1, -0.05) is 36.4 Å². The van der Waals surface area contributed by atoms with Gasteiger partial charge in [0, 0.05) is 29.3 Å². The zero-order valence-electron chi connectivity index (χ0n) is 9.78. The number of pyridine rings is 1. The zero-order chi connectivity index (χ0) is 12.2. The lowest BCUT2D eigenvalue weighted by Gasteiger charge is -1.96. The van der Waals surface area contributed by atoms with E-state index in [2.05, 4.69) is 27.5 Å². The third-order valence-electron chi connectivity index (χ3n) is 2.68. The van der Waals surface area contributed by atoms with Crippen molar-refractivity contribution in [2.75, 3.05) is 0 Å². The Bertz CT molecular complexity index is 617. The van der Waals surface area contributed by atoms with Gasteiger partial charge in [-0.05, 0) is 12.1 Å². The molecule has 2 heterocycles. The summed E-state index contributed by atoms with van der Waals surface area (Å²) in [7, 11) is 0. The molecule has 0 saturated carbocycles. The molecule has 88 valence electrons. The van der Waals surface area contributed by atoms with Crippen LogP contribution in [0.25, 0.3) is 11.3 Å².